The highest BCUT2D eigenvalue weighted by atomic mass is 35.5. The van der Waals surface area contributed by atoms with Crippen LogP contribution in [0.25, 0.3) is 0 Å². The van der Waals surface area contributed by atoms with Crippen molar-refractivity contribution in [2.75, 3.05) is 20.1 Å². The van der Waals surface area contributed by atoms with Crippen LogP contribution >= 0.6 is 24.8 Å². The van der Waals surface area contributed by atoms with E-state index in [0.717, 1.165) is 12.1 Å². The summed E-state index contributed by atoms with van der Waals surface area (Å²) in [7, 11) is 2.23. The van der Waals surface area contributed by atoms with Crippen molar-refractivity contribution in [3.63, 3.8) is 0 Å². The minimum absolute atomic E-state index is 0. The number of rotatable bonds is 0. The van der Waals surface area contributed by atoms with Crippen LogP contribution in [-0.4, -0.2) is 37.1 Å². The lowest BCUT2D eigenvalue weighted by molar-refractivity contribution is 0.0750. The Morgan fingerprint density at radius 3 is 2.36 bits per heavy atom. The first-order chi connectivity index (χ1) is 4.38. The molecule has 0 aromatic rings. The van der Waals surface area contributed by atoms with Gasteiger partial charge in [-0.1, -0.05) is 0 Å². The van der Waals surface area contributed by atoms with Gasteiger partial charge in [-0.2, -0.15) is 0 Å². The van der Waals surface area contributed by atoms with Crippen LogP contribution in [0.2, 0.25) is 0 Å². The van der Waals surface area contributed by atoms with Crippen LogP contribution in [0.15, 0.2) is 0 Å². The van der Waals surface area contributed by atoms with E-state index in [1.54, 1.807) is 0 Å². The van der Waals surface area contributed by atoms with Crippen molar-refractivity contribution in [2.45, 2.75) is 24.9 Å². The van der Waals surface area contributed by atoms with Gasteiger partial charge in [0.2, 0.25) is 0 Å². The standard InChI is InChI=1S/C7H14N2.2ClH/c1-9-5-4-8-6-2-3-7(6)9;;/h6-8H,2-5H2,1H3;2*1H. The zero-order chi connectivity index (χ0) is 6.27. The SMILES string of the molecule is CN1CCNC2CCC21.Cl.Cl. The topological polar surface area (TPSA) is 15.3 Å². The Hall–Kier alpha value is 0.500. The van der Waals surface area contributed by atoms with Gasteiger partial charge in [-0.05, 0) is 19.9 Å². The van der Waals surface area contributed by atoms with Gasteiger partial charge in [0.15, 0.2) is 0 Å². The molecule has 0 aromatic heterocycles. The minimum atomic E-state index is 0. The van der Waals surface area contributed by atoms with E-state index in [2.05, 4.69) is 17.3 Å². The third-order valence-corrected chi connectivity index (χ3v) is 2.68. The van der Waals surface area contributed by atoms with Crippen LogP contribution < -0.4 is 5.32 Å². The molecule has 0 spiro atoms. The van der Waals surface area contributed by atoms with E-state index in [0.29, 0.717) is 0 Å². The number of likely N-dealkylation sites (N-methyl/N-ethyl adjacent to an activating group) is 1. The summed E-state index contributed by atoms with van der Waals surface area (Å²) in [4.78, 5) is 2.48. The largest absolute Gasteiger partial charge is 0.311 e. The molecule has 1 aliphatic heterocycles. The van der Waals surface area contributed by atoms with Gasteiger partial charge >= 0.3 is 0 Å². The van der Waals surface area contributed by atoms with Gasteiger partial charge in [0, 0.05) is 25.2 Å². The fourth-order valence-corrected chi connectivity index (χ4v) is 1.84. The van der Waals surface area contributed by atoms with Crippen LogP contribution in [0.1, 0.15) is 12.8 Å². The lowest BCUT2D eigenvalue weighted by atomic mass is 9.84. The lowest BCUT2D eigenvalue weighted by Gasteiger charge is -2.47. The molecule has 11 heavy (non-hydrogen) atoms. The molecular formula is C7H16Cl2N2. The first kappa shape index (κ1) is 11.5. The molecule has 2 fully saturated rings. The summed E-state index contributed by atoms with van der Waals surface area (Å²) in [6.45, 7) is 2.43. The summed E-state index contributed by atoms with van der Waals surface area (Å²) in [6.07, 6.45) is 2.81. The van der Waals surface area contributed by atoms with E-state index >= 15 is 0 Å². The van der Waals surface area contributed by atoms with E-state index in [9.17, 15) is 0 Å². The Kier molecular flexibility index (Phi) is 4.71. The predicted molar refractivity (Wildman–Crippen MR) is 51.9 cm³/mol. The number of nitrogens with one attached hydrogen (secondary N) is 1. The number of hydrogen-bond donors (Lipinski definition) is 1. The van der Waals surface area contributed by atoms with Gasteiger partial charge in [-0.15, -0.1) is 24.8 Å². The maximum atomic E-state index is 3.51. The molecule has 1 aliphatic carbocycles. The van der Waals surface area contributed by atoms with Crippen molar-refractivity contribution in [3.05, 3.63) is 0 Å². The molecule has 0 radical (unpaired) electrons. The highest BCUT2D eigenvalue weighted by Gasteiger charge is 2.35. The number of fused-ring (bicyclic) bond motifs is 1. The Bertz CT molecular complexity index is 115. The maximum Gasteiger partial charge on any atom is 0.0247 e. The smallest absolute Gasteiger partial charge is 0.0247 e. The third-order valence-electron chi connectivity index (χ3n) is 2.68. The second-order valence-electron chi connectivity index (χ2n) is 3.19. The van der Waals surface area contributed by atoms with Gasteiger partial charge in [0.1, 0.15) is 0 Å². The molecule has 68 valence electrons. The molecule has 2 rings (SSSR count). The Labute approximate surface area is 80.5 Å². The van der Waals surface area contributed by atoms with E-state index in [1.807, 2.05) is 0 Å². The molecule has 0 amide bonds. The van der Waals surface area contributed by atoms with Crippen molar-refractivity contribution in [1.29, 1.82) is 0 Å². The van der Waals surface area contributed by atoms with Gasteiger partial charge in [0.05, 0.1) is 0 Å². The van der Waals surface area contributed by atoms with Crippen molar-refractivity contribution < 1.29 is 0 Å². The molecule has 1 saturated carbocycles. The maximum absolute atomic E-state index is 3.51. The summed E-state index contributed by atoms with van der Waals surface area (Å²) in [5.74, 6) is 0. The minimum Gasteiger partial charge on any atom is -0.311 e. The molecular weight excluding hydrogens is 183 g/mol. The Morgan fingerprint density at radius 2 is 2.00 bits per heavy atom. The van der Waals surface area contributed by atoms with Crippen molar-refractivity contribution >= 4 is 24.8 Å². The normalized spacial score (nSPS) is 35.7. The molecule has 1 N–H and O–H groups in total. The number of halogens is 2. The van der Waals surface area contributed by atoms with E-state index < -0.39 is 0 Å². The second kappa shape index (κ2) is 4.51. The van der Waals surface area contributed by atoms with E-state index in [4.69, 9.17) is 0 Å². The van der Waals surface area contributed by atoms with E-state index in [1.165, 1.54) is 25.9 Å². The molecule has 4 heteroatoms. The molecule has 1 saturated heterocycles. The van der Waals surface area contributed by atoms with Crippen LogP contribution in [0.3, 0.4) is 0 Å². The fourth-order valence-electron chi connectivity index (χ4n) is 1.84. The van der Waals surface area contributed by atoms with Gasteiger partial charge in [-0.25, -0.2) is 0 Å². The fraction of sp³-hybridized carbons (Fsp3) is 1.00. The Morgan fingerprint density at radius 1 is 1.27 bits per heavy atom. The second-order valence-corrected chi connectivity index (χ2v) is 3.19. The van der Waals surface area contributed by atoms with Crippen LogP contribution in [-0.2, 0) is 0 Å². The zero-order valence-corrected chi connectivity index (χ0v) is 8.38. The molecule has 0 bridgehead atoms. The molecule has 1 heterocycles. The highest BCUT2D eigenvalue weighted by molar-refractivity contribution is 5.85. The highest BCUT2D eigenvalue weighted by Crippen LogP contribution is 2.26. The van der Waals surface area contributed by atoms with Crippen LogP contribution in [0, 0.1) is 0 Å². The van der Waals surface area contributed by atoms with Gasteiger partial charge < -0.3 is 10.2 Å². The van der Waals surface area contributed by atoms with Crippen molar-refractivity contribution in [1.82, 2.24) is 10.2 Å². The molecule has 2 atom stereocenters. The van der Waals surface area contributed by atoms with Crippen molar-refractivity contribution in [3.8, 4) is 0 Å². The van der Waals surface area contributed by atoms with Gasteiger partial charge in [-0.3, -0.25) is 0 Å². The number of piperazine rings is 1. The average molecular weight is 199 g/mol. The van der Waals surface area contributed by atoms with E-state index in [-0.39, 0.29) is 24.8 Å². The molecule has 2 aliphatic rings. The zero-order valence-electron chi connectivity index (χ0n) is 6.75. The van der Waals surface area contributed by atoms with Gasteiger partial charge in [0.25, 0.3) is 0 Å². The monoisotopic (exact) mass is 198 g/mol. The molecule has 0 aromatic carbocycles. The molecule has 2 nitrogen and oxygen atoms in total. The third kappa shape index (κ3) is 2.00. The number of nitrogens with zero attached hydrogens (tertiary/aromatic N) is 1. The summed E-state index contributed by atoms with van der Waals surface area (Å²) in [5, 5.41) is 3.51. The summed E-state index contributed by atoms with van der Waals surface area (Å²) < 4.78 is 0. The first-order valence-electron chi connectivity index (χ1n) is 3.81. The average Bonchev–Trinajstić information content (AvgIpc) is 1.74. The molecule has 2 unspecified atom stereocenters. The predicted octanol–water partition coefficient (Wildman–Crippen LogP) is 0.896. The lowest BCUT2D eigenvalue weighted by Crippen LogP contribution is -2.61. The number of hydrogen-bond acceptors (Lipinski definition) is 2. The Balaban J connectivity index is 0.000000500. The quantitative estimate of drug-likeness (QED) is 0.623. The van der Waals surface area contributed by atoms with Crippen LogP contribution in [0.5, 0.6) is 0 Å². The van der Waals surface area contributed by atoms with Crippen molar-refractivity contribution in [2.24, 2.45) is 0 Å². The summed E-state index contributed by atoms with van der Waals surface area (Å²) in [6, 6.07) is 1.71. The summed E-state index contributed by atoms with van der Waals surface area (Å²) >= 11 is 0. The summed E-state index contributed by atoms with van der Waals surface area (Å²) in [5.41, 5.74) is 0. The first-order valence-corrected chi connectivity index (χ1v) is 3.81. The van der Waals surface area contributed by atoms with Crippen LogP contribution in [0.4, 0.5) is 0 Å².